The summed E-state index contributed by atoms with van der Waals surface area (Å²) in [5.74, 6) is -0.447. The number of carbonyl (C=O) groups is 3. The zero-order valence-corrected chi connectivity index (χ0v) is 29.4. The van der Waals surface area contributed by atoms with Gasteiger partial charge in [0.25, 0.3) is 0 Å². The van der Waals surface area contributed by atoms with Crippen LogP contribution in [0.25, 0.3) is 0 Å². The third-order valence-corrected chi connectivity index (χ3v) is 14.2. The Labute approximate surface area is 284 Å². The Morgan fingerprint density at radius 1 is 0.936 bits per heavy atom. The number of hydrogen-bond donors (Lipinski definition) is 3. The minimum Gasteiger partial charge on any atom is -0.351 e. The van der Waals surface area contributed by atoms with Crippen molar-refractivity contribution < 1.29 is 22.8 Å². The molecule has 5 aliphatic rings. The minimum absolute atomic E-state index is 0.0102. The number of likely N-dealkylation sites (tertiary alicyclic amines) is 2. The van der Waals surface area contributed by atoms with Gasteiger partial charge in [-0.3, -0.25) is 9.59 Å². The minimum atomic E-state index is -3.13. The van der Waals surface area contributed by atoms with Gasteiger partial charge in [0.05, 0.1) is 24.3 Å². The number of amides is 4. The van der Waals surface area contributed by atoms with E-state index in [1.165, 1.54) is 19.3 Å². The van der Waals surface area contributed by atoms with Gasteiger partial charge in [0.2, 0.25) is 21.8 Å². The molecule has 3 saturated heterocycles. The van der Waals surface area contributed by atoms with Crippen LogP contribution < -0.4 is 16.0 Å². The zero-order chi connectivity index (χ0) is 32.9. The lowest BCUT2D eigenvalue weighted by atomic mass is 9.89. The highest BCUT2D eigenvalue weighted by Crippen LogP contribution is 2.53. The molecule has 6 rings (SSSR count). The van der Waals surface area contributed by atoms with Crippen LogP contribution in [0.15, 0.2) is 17.5 Å². The molecule has 1 aromatic rings. The molecular formula is C34H54N6O5S2. The van der Waals surface area contributed by atoms with Crippen molar-refractivity contribution in [3.05, 3.63) is 22.4 Å². The van der Waals surface area contributed by atoms with E-state index in [4.69, 9.17) is 0 Å². The standard InChI is InChI=1S/C34H54N6O5S2/c41-31(35-24-27-10-6-22-46-27)28-25-39(19-12-29(28)37-33(43)38-20-15-34(13-14-34)16-21-38)32(42)30(36-26-8-2-1-3-9-26)11-4-5-17-40-18-7-23-47(40,44)45/h6,10,22,26,28-30,36H,1-5,7-9,11-21,23-25H2,(H,35,41)(H,37,43)/t28-,29+,30+/m0/s1. The quantitative estimate of drug-likeness (QED) is 0.287. The Bertz CT molecular complexity index is 1320. The molecular weight excluding hydrogens is 637 g/mol. The van der Waals surface area contributed by atoms with Crippen LogP contribution in [0.3, 0.4) is 0 Å². The molecule has 13 heteroatoms. The van der Waals surface area contributed by atoms with Gasteiger partial charge in [-0.15, -0.1) is 11.3 Å². The molecule has 5 fully saturated rings. The monoisotopic (exact) mass is 690 g/mol. The van der Waals surface area contributed by atoms with Crippen LogP contribution in [0.5, 0.6) is 0 Å². The van der Waals surface area contributed by atoms with Crippen molar-refractivity contribution in [2.75, 3.05) is 45.0 Å². The first-order valence-corrected chi connectivity index (χ1v) is 20.6. The van der Waals surface area contributed by atoms with E-state index >= 15 is 0 Å². The molecule has 3 atom stereocenters. The molecule has 0 bridgehead atoms. The highest BCUT2D eigenvalue weighted by atomic mass is 32.2. The molecule has 1 spiro atoms. The van der Waals surface area contributed by atoms with E-state index in [-0.39, 0.29) is 48.3 Å². The maximum Gasteiger partial charge on any atom is 0.317 e. The zero-order valence-electron chi connectivity index (χ0n) is 27.8. The molecule has 0 aromatic carbocycles. The van der Waals surface area contributed by atoms with E-state index in [0.717, 1.165) is 69.3 Å². The maximum absolute atomic E-state index is 14.2. The number of unbranched alkanes of at least 4 members (excludes halogenated alkanes) is 1. The number of thiophene rings is 1. The summed E-state index contributed by atoms with van der Waals surface area (Å²) in [6.07, 6.45) is 13.6. The van der Waals surface area contributed by atoms with Gasteiger partial charge in [0.15, 0.2) is 0 Å². The molecule has 0 unspecified atom stereocenters. The summed E-state index contributed by atoms with van der Waals surface area (Å²) in [7, 11) is -3.13. The number of sulfonamides is 1. The highest BCUT2D eigenvalue weighted by molar-refractivity contribution is 7.89. The molecule has 11 nitrogen and oxygen atoms in total. The van der Waals surface area contributed by atoms with E-state index in [1.807, 2.05) is 27.3 Å². The average Bonchev–Trinajstić information content (AvgIpc) is 3.44. The topological polar surface area (TPSA) is 131 Å². The molecule has 0 radical (unpaired) electrons. The number of nitrogens with one attached hydrogen (secondary N) is 3. The number of urea groups is 1. The lowest BCUT2D eigenvalue weighted by molar-refractivity contribution is -0.138. The van der Waals surface area contributed by atoms with E-state index in [9.17, 15) is 22.8 Å². The summed E-state index contributed by atoms with van der Waals surface area (Å²) in [5.41, 5.74) is 0.473. The molecule has 1 aromatic heterocycles. The second-order valence-corrected chi connectivity index (χ2v) is 17.8. The van der Waals surface area contributed by atoms with Gasteiger partial charge < -0.3 is 25.8 Å². The average molecular weight is 691 g/mol. The lowest BCUT2D eigenvalue weighted by Gasteiger charge is -2.41. The molecule has 4 amide bonds. The summed E-state index contributed by atoms with van der Waals surface area (Å²) in [6, 6.07) is 3.42. The van der Waals surface area contributed by atoms with Gasteiger partial charge in [0.1, 0.15) is 0 Å². The Morgan fingerprint density at radius 2 is 1.72 bits per heavy atom. The third kappa shape index (κ3) is 9.07. The van der Waals surface area contributed by atoms with Crippen LogP contribution in [0, 0.1) is 11.3 Å². The van der Waals surface area contributed by atoms with Crippen molar-refractivity contribution in [2.24, 2.45) is 11.3 Å². The number of rotatable bonds is 12. The summed E-state index contributed by atoms with van der Waals surface area (Å²) < 4.78 is 26.1. The predicted molar refractivity (Wildman–Crippen MR) is 183 cm³/mol. The fourth-order valence-electron chi connectivity index (χ4n) is 8.05. The van der Waals surface area contributed by atoms with Gasteiger partial charge >= 0.3 is 6.03 Å². The van der Waals surface area contributed by atoms with E-state index in [0.29, 0.717) is 50.9 Å². The third-order valence-electron chi connectivity index (χ3n) is 11.3. The number of nitrogens with zero attached hydrogens (tertiary/aromatic N) is 3. The van der Waals surface area contributed by atoms with Crippen molar-refractivity contribution >= 4 is 39.2 Å². The lowest BCUT2D eigenvalue weighted by Crippen LogP contribution is -2.61. The van der Waals surface area contributed by atoms with Crippen LogP contribution in [0.2, 0.25) is 0 Å². The fraction of sp³-hybridized carbons (Fsp3) is 0.794. The summed E-state index contributed by atoms with van der Waals surface area (Å²) in [5, 5.41) is 12.0. The first-order chi connectivity index (χ1) is 22.7. The van der Waals surface area contributed by atoms with Crippen molar-refractivity contribution in [3.63, 3.8) is 0 Å². The van der Waals surface area contributed by atoms with Crippen LogP contribution in [-0.4, -0.2) is 104 Å². The Hall–Kier alpha value is -2.22. The first kappa shape index (κ1) is 34.6. The van der Waals surface area contributed by atoms with E-state index < -0.39 is 15.9 Å². The van der Waals surface area contributed by atoms with Crippen LogP contribution >= 0.6 is 11.3 Å². The number of piperidine rings is 2. The normalized spacial score (nSPS) is 26.6. The molecule has 3 aliphatic heterocycles. The second kappa shape index (κ2) is 15.6. The second-order valence-electron chi connectivity index (χ2n) is 14.6. The van der Waals surface area contributed by atoms with Crippen molar-refractivity contribution in [1.82, 2.24) is 30.1 Å². The molecule has 4 heterocycles. The molecule has 47 heavy (non-hydrogen) atoms. The molecule has 2 saturated carbocycles. The van der Waals surface area contributed by atoms with Gasteiger partial charge in [-0.2, -0.15) is 0 Å². The molecule has 3 N–H and O–H groups in total. The molecule has 2 aliphatic carbocycles. The largest absolute Gasteiger partial charge is 0.351 e. The Morgan fingerprint density at radius 3 is 2.40 bits per heavy atom. The summed E-state index contributed by atoms with van der Waals surface area (Å²) in [6.45, 7) is 3.78. The Kier molecular flexibility index (Phi) is 11.5. The van der Waals surface area contributed by atoms with Crippen LogP contribution in [-0.2, 0) is 26.2 Å². The number of carbonyl (C=O) groups excluding carboxylic acids is 3. The Balaban J connectivity index is 1.09. The first-order valence-electron chi connectivity index (χ1n) is 18.1. The van der Waals surface area contributed by atoms with Crippen molar-refractivity contribution in [1.29, 1.82) is 0 Å². The summed E-state index contributed by atoms with van der Waals surface area (Å²) >= 11 is 1.59. The smallest absolute Gasteiger partial charge is 0.317 e. The maximum atomic E-state index is 14.2. The van der Waals surface area contributed by atoms with Gasteiger partial charge in [-0.1, -0.05) is 31.7 Å². The number of hydrogen-bond acceptors (Lipinski definition) is 7. The highest BCUT2D eigenvalue weighted by Gasteiger charge is 2.46. The van der Waals surface area contributed by atoms with Crippen LogP contribution in [0.4, 0.5) is 4.79 Å². The SMILES string of the molecule is O=C(NCc1cccs1)[C@H]1CN(C(=O)[C@@H](CCCCN2CCCS2(=O)=O)NC2CCCCC2)CC[C@H]1NC(=O)N1CCC2(CC1)CC2. The van der Waals surface area contributed by atoms with Gasteiger partial charge in [-0.25, -0.2) is 17.5 Å². The van der Waals surface area contributed by atoms with E-state index in [2.05, 4.69) is 16.0 Å². The van der Waals surface area contributed by atoms with Crippen molar-refractivity contribution in [3.8, 4) is 0 Å². The van der Waals surface area contributed by atoms with Crippen LogP contribution in [0.1, 0.15) is 94.8 Å². The predicted octanol–water partition coefficient (Wildman–Crippen LogP) is 3.66. The molecule has 262 valence electrons. The van der Waals surface area contributed by atoms with Gasteiger partial charge in [0, 0.05) is 56.2 Å². The summed E-state index contributed by atoms with van der Waals surface area (Å²) in [4.78, 5) is 46.1. The van der Waals surface area contributed by atoms with Crippen molar-refractivity contribution in [2.45, 2.75) is 115 Å². The van der Waals surface area contributed by atoms with Gasteiger partial charge in [-0.05, 0) is 81.1 Å². The fourth-order valence-corrected chi connectivity index (χ4v) is 10.3. The van der Waals surface area contributed by atoms with E-state index in [1.54, 1.807) is 15.6 Å².